The number of urea groups is 1. The van der Waals surface area contributed by atoms with E-state index in [1.165, 1.54) is 42.7 Å². The first-order valence-corrected chi connectivity index (χ1v) is 9.73. The summed E-state index contributed by atoms with van der Waals surface area (Å²) in [5, 5.41) is 11.8. The average Bonchev–Trinajstić information content (AvgIpc) is 3.30. The molecule has 0 spiro atoms. The van der Waals surface area contributed by atoms with Crippen LogP contribution in [0.3, 0.4) is 0 Å². The number of aromatic nitrogens is 2. The molecule has 1 aliphatic carbocycles. The van der Waals surface area contributed by atoms with Gasteiger partial charge >= 0.3 is 12.2 Å². The van der Waals surface area contributed by atoms with E-state index in [0.29, 0.717) is 28.0 Å². The van der Waals surface area contributed by atoms with Gasteiger partial charge in [-0.05, 0) is 36.0 Å². The summed E-state index contributed by atoms with van der Waals surface area (Å²) in [5.41, 5.74) is 0.0358. The number of hydrogen-bond donors (Lipinski definition) is 1. The first kappa shape index (κ1) is 18.2. The molecule has 2 heterocycles. The highest BCUT2D eigenvalue weighted by molar-refractivity contribution is 7.15. The van der Waals surface area contributed by atoms with Crippen molar-refractivity contribution < 1.29 is 18.0 Å². The van der Waals surface area contributed by atoms with Crippen LogP contribution in [0.4, 0.5) is 23.1 Å². The number of nitrogens with one attached hydrogen (secondary N) is 1. The summed E-state index contributed by atoms with van der Waals surface area (Å²) in [6, 6.07) is 4.81. The van der Waals surface area contributed by atoms with E-state index in [1.807, 2.05) is 0 Å². The highest BCUT2D eigenvalue weighted by Crippen LogP contribution is 2.38. The maximum atomic E-state index is 12.6. The van der Waals surface area contributed by atoms with Crippen LogP contribution in [0.2, 0.25) is 0 Å². The fourth-order valence-electron chi connectivity index (χ4n) is 3.24. The van der Waals surface area contributed by atoms with Crippen LogP contribution in [0.25, 0.3) is 0 Å². The van der Waals surface area contributed by atoms with Crippen LogP contribution in [0.15, 0.2) is 24.3 Å². The van der Waals surface area contributed by atoms with E-state index in [2.05, 4.69) is 15.5 Å². The summed E-state index contributed by atoms with van der Waals surface area (Å²) in [4.78, 5) is 14.0. The summed E-state index contributed by atoms with van der Waals surface area (Å²) in [5.74, 6) is 1.49. The Hall–Kier alpha value is -2.16. The average molecular weight is 396 g/mol. The van der Waals surface area contributed by atoms with Crippen molar-refractivity contribution in [2.75, 3.05) is 18.4 Å². The van der Waals surface area contributed by atoms with Gasteiger partial charge in [0.2, 0.25) is 5.13 Å². The summed E-state index contributed by atoms with van der Waals surface area (Å²) in [7, 11) is 0. The molecule has 27 heavy (non-hydrogen) atoms. The molecule has 0 atom stereocenters. The maximum Gasteiger partial charge on any atom is 0.416 e. The number of alkyl halides is 3. The lowest BCUT2D eigenvalue weighted by Gasteiger charge is -2.39. The zero-order valence-corrected chi connectivity index (χ0v) is 15.3. The Labute approximate surface area is 158 Å². The molecule has 5 nitrogen and oxygen atoms in total. The van der Waals surface area contributed by atoms with Crippen LogP contribution >= 0.6 is 11.3 Å². The molecule has 4 rings (SSSR count). The number of rotatable bonds is 5. The summed E-state index contributed by atoms with van der Waals surface area (Å²) < 4.78 is 37.8. The highest BCUT2D eigenvalue weighted by Gasteiger charge is 2.35. The van der Waals surface area contributed by atoms with E-state index in [-0.39, 0.29) is 6.03 Å². The standard InChI is InChI=1S/C18H19F3N4OS/c19-18(20,21)14-5-3-12(4-6-14)8-15-23-24-16(27-15)22-17(26)25-9-13(10-25)7-11-1-2-11/h3-6,11,13H,1-2,7-10H2,(H,22,24,26). The molecule has 0 radical (unpaired) electrons. The van der Waals surface area contributed by atoms with Crippen molar-refractivity contribution >= 4 is 22.5 Å². The molecule has 1 saturated carbocycles. The van der Waals surface area contributed by atoms with Crippen molar-refractivity contribution in [2.24, 2.45) is 11.8 Å². The van der Waals surface area contributed by atoms with Gasteiger partial charge in [-0.15, -0.1) is 10.2 Å². The van der Waals surface area contributed by atoms with Crippen molar-refractivity contribution in [3.63, 3.8) is 0 Å². The second-order valence-electron chi connectivity index (χ2n) is 7.25. The van der Waals surface area contributed by atoms with Crippen LogP contribution in [-0.2, 0) is 12.6 Å². The van der Waals surface area contributed by atoms with Gasteiger partial charge in [0.25, 0.3) is 0 Å². The van der Waals surface area contributed by atoms with Gasteiger partial charge in [-0.3, -0.25) is 5.32 Å². The van der Waals surface area contributed by atoms with Gasteiger partial charge in [-0.1, -0.05) is 36.3 Å². The van der Waals surface area contributed by atoms with Crippen LogP contribution in [0.1, 0.15) is 35.4 Å². The SMILES string of the molecule is O=C(Nc1nnc(Cc2ccc(C(F)(F)F)cc2)s1)N1CC(CC2CC2)C1. The van der Waals surface area contributed by atoms with Gasteiger partial charge in [-0.25, -0.2) is 4.79 Å². The largest absolute Gasteiger partial charge is 0.416 e. The second kappa shape index (κ2) is 7.10. The maximum absolute atomic E-state index is 12.6. The molecule has 2 amide bonds. The molecule has 1 N–H and O–H groups in total. The zero-order valence-electron chi connectivity index (χ0n) is 14.5. The molecule has 2 aromatic rings. The van der Waals surface area contributed by atoms with E-state index >= 15 is 0 Å². The summed E-state index contributed by atoms with van der Waals surface area (Å²) in [6.07, 6.45) is -0.0870. The molecule has 1 aromatic heterocycles. The Morgan fingerprint density at radius 3 is 2.48 bits per heavy atom. The summed E-state index contributed by atoms with van der Waals surface area (Å²) >= 11 is 1.24. The summed E-state index contributed by atoms with van der Waals surface area (Å²) in [6.45, 7) is 1.58. The van der Waals surface area contributed by atoms with E-state index in [4.69, 9.17) is 0 Å². The number of likely N-dealkylation sites (tertiary alicyclic amines) is 1. The molecule has 0 unspecified atom stereocenters. The van der Waals surface area contributed by atoms with Crippen molar-refractivity contribution in [3.05, 3.63) is 40.4 Å². The van der Waals surface area contributed by atoms with Crippen molar-refractivity contribution in [1.29, 1.82) is 0 Å². The smallest absolute Gasteiger partial charge is 0.324 e. The number of carbonyl (C=O) groups excluding carboxylic acids is 1. The number of nitrogens with zero attached hydrogens (tertiary/aromatic N) is 3. The molecular weight excluding hydrogens is 377 g/mol. The topological polar surface area (TPSA) is 58.1 Å². The van der Waals surface area contributed by atoms with Crippen LogP contribution in [-0.4, -0.2) is 34.2 Å². The Bertz CT molecular complexity index is 811. The second-order valence-corrected chi connectivity index (χ2v) is 8.31. The third kappa shape index (κ3) is 4.58. The molecule has 1 saturated heterocycles. The number of hydrogen-bond acceptors (Lipinski definition) is 4. The Balaban J connectivity index is 1.27. The fourth-order valence-corrected chi connectivity index (χ4v) is 4.01. The number of halogens is 3. The van der Waals surface area contributed by atoms with Crippen molar-refractivity contribution in [3.8, 4) is 0 Å². The molecule has 2 aliphatic rings. The monoisotopic (exact) mass is 396 g/mol. The molecular formula is C18H19F3N4OS. The predicted molar refractivity (Wildman–Crippen MR) is 95.6 cm³/mol. The lowest BCUT2D eigenvalue weighted by Crippen LogP contribution is -2.51. The van der Waals surface area contributed by atoms with Gasteiger partial charge in [0, 0.05) is 19.5 Å². The van der Waals surface area contributed by atoms with Gasteiger partial charge in [-0.2, -0.15) is 13.2 Å². The fraction of sp³-hybridized carbons (Fsp3) is 0.500. The Morgan fingerprint density at radius 2 is 1.85 bits per heavy atom. The molecule has 0 bridgehead atoms. The van der Waals surface area contributed by atoms with Gasteiger partial charge in [0.1, 0.15) is 5.01 Å². The normalized spacial score (nSPS) is 17.7. The first-order chi connectivity index (χ1) is 12.9. The minimum atomic E-state index is -4.34. The van der Waals surface area contributed by atoms with Crippen molar-refractivity contribution in [2.45, 2.75) is 31.9 Å². The molecule has 1 aromatic carbocycles. The van der Waals surface area contributed by atoms with Crippen LogP contribution in [0, 0.1) is 11.8 Å². The van der Waals surface area contributed by atoms with Gasteiger partial charge in [0.05, 0.1) is 5.56 Å². The van der Waals surface area contributed by atoms with E-state index in [9.17, 15) is 18.0 Å². The van der Waals surface area contributed by atoms with Crippen LogP contribution in [0.5, 0.6) is 0 Å². The predicted octanol–water partition coefficient (Wildman–Crippen LogP) is 4.41. The molecule has 144 valence electrons. The number of benzene rings is 1. The molecule has 2 fully saturated rings. The minimum absolute atomic E-state index is 0.167. The highest BCUT2D eigenvalue weighted by atomic mass is 32.1. The van der Waals surface area contributed by atoms with Crippen LogP contribution < -0.4 is 5.32 Å². The zero-order chi connectivity index (χ0) is 19.0. The quantitative estimate of drug-likeness (QED) is 0.814. The lowest BCUT2D eigenvalue weighted by atomic mass is 9.94. The van der Waals surface area contributed by atoms with E-state index < -0.39 is 11.7 Å². The third-order valence-electron chi connectivity index (χ3n) is 4.93. The number of carbonyl (C=O) groups is 1. The molecule has 9 heteroatoms. The van der Waals surface area contributed by atoms with Gasteiger partial charge in [0.15, 0.2) is 0 Å². The number of anilines is 1. The number of amides is 2. The Morgan fingerprint density at radius 1 is 1.15 bits per heavy atom. The third-order valence-corrected chi connectivity index (χ3v) is 5.76. The lowest BCUT2D eigenvalue weighted by molar-refractivity contribution is -0.137. The van der Waals surface area contributed by atoms with Gasteiger partial charge < -0.3 is 4.90 Å². The molecule has 1 aliphatic heterocycles. The Kier molecular flexibility index (Phi) is 4.79. The van der Waals surface area contributed by atoms with Crippen molar-refractivity contribution in [1.82, 2.24) is 15.1 Å². The first-order valence-electron chi connectivity index (χ1n) is 8.91. The van der Waals surface area contributed by atoms with E-state index in [0.717, 1.165) is 31.1 Å². The van der Waals surface area contributed by atoms with E-state index in [1.54, 1.807) is 4.90 Å². The minimum Gasteiger partial charge on any atom is -0.324 e.